The summed E-state index contributed by atoms with van der Waals surface area (Å²) < 4.78 is 25.1. The Morgan fingerprint density at radius 1 is 1.09 bits per heavy atom. The summed E-state index contributed by atoms with van der Waals surface area (Å²) in [5, 5.41) is 3.06. The van der Waals surface area contributed by atoms with E-state index < -0.39 is 10.0 Å². The van der Waals surface area contributed by atoms with Crippen molar-refractivity contribution in [3.8, 4) is 0 Å². The Labute approximate surface area is 132 Å². The molecular formula is C16H26N2O3S. The highest BCUT2D eigenvalue weighted by Gasteiger charge is 2.54. The lowest BCUT2D eigenvalue weighted by Gasteiger charge is -2.55. The van der Waals surface area contributed by atoms with Gasteiger partial charge in [-0.2, -0.15) is 0 Å². The molecule has 4 aliphatic carbocycles. The lowest BCUT2D eigenvalue weighted by Crippen LogP contribution is -2.54. The summed E-state index contributed by atoms with van der Waals surface area (Å²) in [7, 11) is -3.05. The highest BCUT2D eigenvalue weighted by atomic mass is 32.2. The zero-order chi connectivity index (χ0) is 15.4. The van der Waals surface area contributed by atoms with Gasteiger partial charge in [0.2, 0.25) is 15.9 Å². The molecule has 0 radical (unpaired) electrons. The van der Waals surface area contributed by atoms with E-state index in [1.165, 1.54) is 23.6 Å². The van der Waals surface area contributed by atoms with Gasteiger partial charge in [-0.25, -0.2) is 12.7 Å². The van der Waals surface area contributed by atoms with E-state index in [0.717, 1.165) is 37.0 Å². The molecular weight excluding hydrogens is 300 g/mol. The van der Waals surface area contributed by atoms with Crippen molar-refractivity contribution in [2.45, 2.75) is 44.9 Å². The molecule has 5 rings (SSSR count). The zero-order valence-corrected chi connectivity index (χ0v) is 13.9. The molecule has 5 nitrogen and oxygen atoms in total. The Morgan fingerprint density at radius 3 is 2.18 bits per heavy atom. The molecule has 1 saturated heterocycles. The van der Waals surface area contributed by atoms with Crippen LogP contribution in [-0.4, -0.2) is 44.0 Å². The standard InChI is InChI=1S/C16H26N2O3S/c19-15(17-2-4-18-3-1-5-22(18,20)21)16-9-12-6-13(10-16)8-14(7-12)11-16/h12-14H,1-11H2,(H,17,19). The van der Waals surface area contributed by atoms with Crippen molar-refractivity contribution >= 4 is 15.9 Å². The average molecular weight is 326 g/mol. The Balaban J connectivity index is 1.35. The largest absolute Gasteiger partial charge is 0.354 e. The highest BCUT2D eigenvalue weighted by molar-refractivity contribution is 7.89. The first-order chi connectivity index (χ1) is 10.5. The summed E-state index contributed by atoms with van der Waals surface area (Å²) in [6.45, 7) is 1.50. The third kappa shape index (κ3) is 2.48. The van der Waals surface area contributed by atoms with Gasteiger partial charge in [-0.3, -0.25) is 4.79 Å². The second-order valence-corrected chi connectivity index (χ2v) is 10.1. The lowest BCUT2D eigenvalue weighted by atomic mass is 9.49. The van der Waals surface area contributed by atoms with Gasteiger partial charge in [-0.1, -0.05) is 0 Å². The number of hydrogen-bond acceptors (Lipinski definition) is 3. The molecule has 0 aromatic carbocycles. The molecule has 5 aliphatic rings. The fourth-order valence-electron chi connectivity index (χ4n) is 5.81. The van der Waals surface area contributed by atoms with E-state index in [2.05, 4.69) is 5.32 Å². The van der Waals surface area contributed by atoms with Gasteiger partial charge in [0.15, 0.2) is 0 Å². The molecule has 6 heteroatoms. The van der Waals surface area contributed by atoms with Crippen LogP contribution in [0, 0.1) is 23.2 Å². The summed E-state index contributed by atoms with van der Waals surface area (Å²) in [5.41, 5.74) is -0.126. The van der Waals surface area contributed by atoms with Crippen LogP contribution in [-0.2, 0) is 14.8 Å². The van der Waals surface area contributed by atoms with Crippen LogP contribution in [0.15, 0.2) is 0 Å². The van der Waals surface area contributed by atoms with Crippen LogP contribution >= 0.6 is 0 Å². The summed E-state index contributed by atoms with van der Waals surface area (Å²) in [4.78, 5) is 12.8. The minimum atomic E-state index is -3.05. The zero-order valence-electron chi connectivity index (χ0n) is 13.1. The molecule has 22 heavy (non-hydrogen) atoms. The maximum atomic E-state index is 12.8. The average Bonchev–Trinajstić information content (AvgIpc) is 2.76. The summed E-state index contributed by atoms with van der Waals surface area (Å²) in [6, 6.07) is 0. The van der Waals surface area contributed by atoms with Crippen LogP contribution in [0.1, 0.15) is 44.9 Å². The van der Waals surface area contributed by atoms with Crippen molar-refractivity contribution in [2.24, 2.45) is 23.2 Å². The first-order valence-corrected chi connectivity index (χ1v) is 10.3. The minimum Gasteiger partial charge on any atom is -0.354 e. The summed E-state index contributed by atoms with van der Waals surface area (Å²) in [5.74, 6) is 2.74. The normalized spacial score (nSPS) is 42.6. The maximum Gasteiger partial charge on any atom is 0.226 e. The molecule has 1 N–H and O–H groups in total. The third-order valence-electron chi connectivity index (χ3n) is 6.37. The molecule has 0 atom stereocenters. The number of sulfonamides is 1. The fraction of sp³-hybridized carbons (Fsp3) is 0.938. The van der Waals surface area contributed by atoms with E-state index in [0.29, 0.717) is 26.1 Å². The number of carbonyl (C=O) groups excluding carboxylic acids is 1. The first kappa shape index (κ1) is 14.9. The minimum absolute atomic E-state index is 0.126. The van der Waals surface area contributed by atoms with Gasteiger partial charge in [-0.15, -0.1) is 0 Å². The van der Waals surface area contributed by atoms with Crippen molar-refractivity contribution in [3.05, 3.63) is 0 Å². The Bertz CT molecular complexity index is 537. The van der Waals surface area contributed by atoms with Crippen molar-refractivity contribution < 1.29 is 13.2 Å². The van der Waals surface area contributed by atoms with Crippen molar-refractivity contribution in [3.63, 3.8) is 0 Å². The number of carbonyl (C=O) groups is 1. The molecule has 0 unspecified atom stereocenters. The van der Waals surface area contributed by atoms with E-state index in [4.69, 9.17) is 0 Å². The quantitative estimate of drug-likeness (QED) is 0.848. The molecule has 0 spiro atoms. The lowest BCUT2D eigenvalue weighted by molar-refractivity contribution is -0.146. The van der Waals surface area contributed by atoms with Crippen molar-refractivity contribution in [1.29, 1.82) is 0 Å². The van der Waals surface area contributed by atoms with Crippen molar-refractivity contribution in [2.75, 3.05) is 25.4 Å². The molecule has 1 amide bonds. The van der Waals surface area contributed by atoms with Gasteiger partial charge >= 0.3 is 0 Å². The van der Waals surface area contributed by atoms with Crippen LogP contribution in [0.4, 0.5) is 0 Å². The first-order valence-electron chi connectivity index (χ1n) is 8.73. The highest BCUT2D eigenvalue weighted by Crippen LogP contribution is 2.60. The summed E-state index contributed by atoms with van der Waals surface area (Å²) in [6.07, 6.45) is 7.90. The van der Waals surface area contributed by atoms with Gasteiger partial charge < -0.3 is 5.32 Å². The number of rotatable bonds is 4. The molecule has 124 valence electrons. The third-order valence-corrected chi connectivity index (χ3v) is 8.33. The van der Waals surface area contributed by atoms with Gasteiger partial charge in [-0.05, 0) is 62.7 Å². The number of amides is 1. The van der Waals surface area contributed by atoms with E-state index in [-0.39, 0.29) is 17.1 Å². The predicted octanol–water partition coefficient (Wildman–Crippen LogP) is 1.35. The van der Waals surface area contributed by atoms with E-state index >= 15 is 0 Å². The Hall–Kier alpha value is -0.620. The van der Waals surface area contributed by atoms with Crippen LogP contribution in [0.3, 0.4) is 0 Å². The molecule has 1 heterocycles. The topological polar surface area (TPSA) is 66.5 Å². The van der Waals surface area contributed by atoms with E-state index in [1.807, 2.05) is 0 Å². The molecule has 4 saturated carbocycles. The number of nitrogens with zero attached hydrogens (tertiary/aromatic N) is 1. The van der Waals surface area contributed by atoms with Crippen LogP contribution < -0.4 is 5.32 Å². The number of nitrogens with one attached hydrogen (secondary N) is 1. The maximum absolute atomic E-state index is 12.8. The van der Waals surface area contributed by atoms with Crippen molar-refractivity contribution in [1.82, 2.24) is 9.62 Å². The second-order valence-electron chi connectivity index (χ2n) is 8.02. The predicted molar refractivity (Wildman–Crippen MR) is 83.6 cm³/mol. The SMILES string of the molecule is O=C(NCCN1CCCS1(=O)=O)C12CC3CC(CC(C3)C1)C2. The van der Waals surface area contributed by atoms with Crippen LogP contribution in [0.25, 0.3) is 0 Å². The fourth-order valence-corrected chi connectivity index (χ4v) is 7.34. The monoisotopic (exact) mass is 326 g/mol. The van der Waals surface area contributed by atoms with Crippen LogP contribution in [0.5, 0.6) is 0 Å². The van der Waals surface area contributed by atoms with Crippen LogP contribution in [0.2, 0.25) is 0 Å². The Kier molecular flexibility index (Phi) is 3.53. The smallest absolute Gasteiger partial charge is 0.226 e. The summed E-state index contributed by atoms with van der Waals surface area (Å²) >= 11 is 0. The molecule has 0 aromatic heterocycles. The van der Waals surface area contributed by atoms with Gasteiger partial charge in [0.05, 0.1) is 5.75 Å². The Morgan fingerprint density at radius 2 is 1.68 bits per heavy atom. The molecule has 0 aromatic rings. The van der Waals surface area contributed by atoms with Gasteiger partial charge in [0.25, 0.3) is 0 Å². The molecule has 5 fully saturated rings. The second kappa shape index (κ2) is 5.20. The molecule has 4 bridgehead atoms. The van der Waals surface area contributed by atoms with Gasteiger partial charge in [0.1, 0.15) is 0 Å². The van der Waals surface area contributed by atoms with Gasteiger partial charge in [0, 0.05) is 25.0 Å². The van der Waals surface area contributed by atoms with E-state index in [9.17, 15) is 13.2 Å². The van der Waals surface area contributed by atoms with E-state index in [1.54, 1.807) is 0 Å². The molecule has 1 aliphatic heterocycles. The number of hydrogen-bond donors (Lipinski definition) is 1.